The first kappa shape index (κ1) is 17.1. The van der Waals surface area contributed by atoms with Crippen molar-refractivity contribution in [3.63, 3.8) is 0 Å². The Hall–Kier alpha value is -3.74. The van der Waals surface area contributed by atoms with Crippen LogP contribution >= 0.6 is 0 Å². The molecule has 7 nitrogen and oxygen atoms in total. The van der Waals surface area contributed by atoms with Crippen LogP contribution in [-0.4, -0.2) is 21.8 Å². The average Bonchev–Trinajstić information content (AvgIpc) is 2.62. The fourth-order valence-electron chi connectivity index (χ4n) is 2.38. The minimum absolute atomic E-state index is 0.117. The predicted molar refractivity (Wildman–Crippen MR) is 100 cm³/mol. The number of amides is 2. The molecule has 3 rings (SSSR count). The Labute approximate surface area is 150 Å². The van der Waals surface area contributed by atoms with Crippen molar-refractivity contribution in [2.24, 2.45) is 5.73 Å². The molecule has 130 valence electrons. The van der Waals surface area contributed by atoms with Gasteiger partial charge < -0.3 is 16.4 Å². The molecule has 0 aliphatic carbocycles. The number of hydrogen-bond acceptors (Lipinski definition) is 5. The van der Waals surface area contributed by atoms with Crippen molar-refractivity contribution in [2.75, 3.05) is 10.6 Å². The Balaban J connectivity index is 1.77. The maximum Gasteiger partial charge on any atom is 0.248 e. The summed E-state index contributed by atoms with van der Waals surface area (Å²) in [4.78, 5) is 30.7. The Morgan fingerprint density at radius 3 is 2.19 bits per heavy atom. The smallest absolute Gasteiger partial charge is 0.248 e. The molecular formula is C19H17N5O2. The summed E-state index contributed by atoms with van der Waals surface area (Å²) >= 11 is 0. The molecule has 0 spiro atoms. The first-order valence-electron chi connectivity index (χ1n) is 7.88. The maximum absolute atomic E-state index is 11.1. The molecule has 7 heteroatoms. The summed E-state index contributed by atoms with van der Waals surface area (Å²) in [6.07, 6.45) is 1.47. The van der Waals surface area contributed by atoms with Crippen LogP contribution < -0.4 is 16.4 Å². The van der Waals surface area contributed by atoms with Gasteiger partial charge in [-0.1, -0.05) is 12.1 Å². The van der Waals surface area contributed by atoms with Gasteiger partial charge in [0.25, 0.3) is 0 Å². The van der Waals surface area contributed by atoms with Crippen LogP contribution in [0.5, 0.6) is 0 Å². The van der Waals surface area contributed by atoms with Gasteiger partial charge >= 0.3 is 0 Å². The molecule has 4 N–H and O–H groups in total. The van der Waals surface area contributed by atoms with Crippen LogP contribution in [0.3, 0.4) is 0 Å². The summed E-state index contributed by atoms with van der Waals surface area (Å²) < 4.78 is 0. The van der Waals surface area contributed by atoms with Crippen molar-refractivity contribution in [2.45, 2.75) is 6.92 Å². The molecule has 0 aliphatic rings. The van der Waals surface area contributed by atoms with Gasteiger partial charge in [0.05, 0.1) is 5.69 Å². The van der Waals surface area contributed by atoms with Gasteiger partial charge in [0.2, 0.25) is 11.8 Å². The highest BCUT2D eigenvalue weighted by Gasteiger charge is 2.05. The number of nitrogens with zero attached hydrogens (tertiary/aromatic N) is 2. The lowest BCUT2D eigenvalue weighted by atomic mass is 10.1. The number of rotatable bonds is 5. The molecule has 2 amide bonds. The van der Waals surface area contributed by atoms with Crippen LogP contribution in [-0.2, 0) is 4.79 Å². The first-order chi connectivity index (χ1) is 12.5. The normalized spacial score (nSPS) is 10.2. The number of nitrogens with one attached hydrogen (secondary N) is 2. The fraction of sp³-hybridized carbons (Fsp3) is 0.0526. The zero-order valence-corrected chi connectivity index (χ0v) is 14.1. The van der Waals surface area contributed by atoms with E-state index in [4.69, 9.17) is 5.73 Å². The molecule has 0 saturated carbocycles. The Morgan fingerprint density at radius 2 is 1.58 bits per heavy atom. The number of anilines is 3. The van der Waals surface area contributed by atoms with Gasteiger partial charge in [0, 0.05) is 35.5 Å². The van der Waals surface area contributed by atoms with Gasteiger partial charge in [0.15, 0.2) is 0 Å². The predicted octanol–water partition coefficient (Wildman–Crippen LogP) is 2.94. The summed E-state index contributed by atoms with van der Waals surface area (Å²) in [7, 11) is 0. The minimum atomic E-state index is -0.469. The van der Waals surface area contributed by atoms with Gasteiger partial charge in [-0.2, -0.15) is 0 Å². The lowest BCUT2D eigenvalue weighted by molar-refractivity contribution is -0.114. The van der Waals surface area contributed by atoms with Gasteiger partial charge in [-0.3, -0.25) is 9.59 Å². The third-order valence-electron chi connectivity index (χ3n) is 3.61. The van der Waals surface area contributed by atoms with Crippen LogP contribution in [0.15, 0.2) is 60.9 Å². The minimum Gasteiger partial charge on any atom is -0.366 e. The van der Waals surface area contributed by atoms with Gasteiger partial charge in [-0.25, -0.2) is 9.97 Å². The summed E-state index contributed by atoms with van der Waals surface area (Å²) in [5, 5.41) is 5.88. The summed E-state index contributed by atoms with van der Waals surface area (Å²) in [6.45, 7) is 1.46. The van der Waals surface area contributed by atoms with Crippen molar-refractivity contribution in [3.8, 4) is 11.3 Å². The van der Waals surface area contributed by atoms with E-state index in [1.165, 1.54) is 13.3 Å². The maximum atomic E-state index is 11.1. The highest BCUT2D eigenvalue weighted by atomic mass is 16.1. The Kier molecular flexibility index (Phi) is 4.89. The molecule has 1 aromatic heterocycles. The average molecular weight is 347 g/mol. The second-order valence-corrected chi connectivity index (χ2v) is 5.61. The van der Waals surface area contributed by atoms with Crippen LogP contribution in [0, 0.1) is 0 Å². The van der Waals surface area contributed by atoms with E-state index in [0.717, 1.165) is 22.6 Å². The molecule has 0 atom stereocenters. The van der Waals surface area contributed by atoms with E-state index >= 15 is 0 Å². The van der Waals surface area contributed by atoms with Crippen LogP contribution in [0.2, 0.25) is 0 Å². The van der Waals surface area contributed by atoms with Crippen LogP contribution in [0.1, 0.15) is 17.3 Å². The molecular weight excluding hydrogens is 330 g/mol. The van der Waals surface area contributed by atoms with E-state index in [9.17, 15) is 9.59 Å². The third-order valence-corrected chi connectivity index (χ3v) is 3.61. The SMILES string of the molecule is CC(=O)Nc1ccc(-c2cc(Nc3ccc(C(N)=O)cc3)ncn2)cc1. The molecule has 0 fully saturated rings. The molecule has 1 heterocycles. The van der Waals surface area contributed by atoms with E-state index in [1.807, 2.05) is 30.3 Å². The zero-order valence-electron chi connectivity index (χ0n) is 14.1. The molecule has 0 aliphatic heterocycles. The number of hydrogen-bond donors (Lipinski definition) is 3. The third kappa shape index (κ3) is 4.21. The van der Waals surface area contributed by atoms with Gasteiger partial charge in [-0.05, 0) is 36.4 Å². The van der Waals surface area contributed by atoms with Crippen molar-refractivity contribution >= 4 is 29.0 Å². The molecule has 3 aromatic rings. The number of aromatic nitrogens is 2. The standard InChI is InChI=1S/C19H17N5O2/c1-12(25)23-15-6-2-13(3-7-15)17-10-18(22-11-21-17)24-16-8-4-14(5-9-16)19(20)26/h2-11H,1H3,(H2,20,26)(H,23,25)(H,21,22,24). The fourth-order valence-corrected chi connectivity index (χ4v) is 2.38. The molecule has 0 unspecified atom stereocenters. The summed E-state index contributed by atoms with van der Waals surface area (Å²) in [5.74, 6) is 0.0324. The largest absolute Gasteiger partial charge is 0.366 e. The Bertz CT molecular complexity index is 937. The molecule has 2 aromatic carbocycles. The topological polar surface area (TPSA) is 110 Å². The second kappa shape index (κ2) is 7.43. The quantitative estimate of drug-likeness (QED) is 0.657. The van der Waals surface area contributed by atoms with E-state index in [1.54, 1.807) is 24.3 Å². The lowest BCUT2D eigenvalue weighted by Gasteiger charge is -2.08. The van der Waals surface area contributed by atoms with E-state index < -0.39 is 5.91 Å². The van der Waals surface area contributed by atoms with Crippen molar-refractivity contribution in [3.05, 3.63) is 66.5 Å². The van der Waals surface area contributed by atoms with E-state index in [0.29, 0.717) is 11.4 Å². The number of carbonyl (C=O) groups excluding carboxylic acids is 2. The van der Waals surface area contributed by atoms with Crippen LogP contribution in [0.25, 0.3) is 11.3 Å². The molecule has 26 heavy (non-hydrogen) atoms. The molecule has 0 saturated heterocycles. The first-order valence-corrected chi connectivity index (χ1v) is 7.88. The van der Waals surface area contributed by atoms with E-state index in [-0.39, 0.29) is 5.91 Å². The number of benzene rings is 2. The highest BCUT2D eigenvalue weighted by molar-refractivity contribution is 5.93. The van der Waals surface area contributed by atoms with Crippen molar-refractivity contribution in [1.82, 2.24) is 9.97 Å². The van der Waals surface area contributed by atoms with Crippen LogP contribution in [0.4, 0.5) is 17.2 Å². The number of carbonyl (C=O) groups is 2. The summed E-state index contributed by atoms with van der Waals surface area (Å²) in [5.41, 5.74) is 8.82. The second-order valence-electron chi connectivity index (χ2n) is 5.61. The van der Waals surface area contributed by atoms with Gasteiger partial charge in [-0.15, -0.1) is 0 Å². The summed E-state index contributed by atoms with van der Waals surface area (Å²) in [6, 6.07) is 16.0. The lowest BCUT2D eigenvalue weighted by Crippen LogP contribution is -2.10. The monoisotopic (exact) mass is 347 g/mol. The number of nitrogens with two attached hydrogens (primary N) is 1. The van der Waals surface area contributed by atoms with E-state index in [2.05, 4.69) is 20.6 Å². The number of primary amides is 1. The highest BCUT2D eigenvalue weighted by Crippen LogP contribution is 2.22. The van der Waals surface area contributed by atoms with Crippen molar-refractivity contribution in [1.29, 1.82) is 0 Å². The Morgan fingerprint density at radius 1 is 0.923 bits per heavy atom. The van der Waals surface area contributed by atoms with Crippen molar-refractivity contribution < 1.29 is 9.59 Å². The molecule has 0 radical (unpaired) electrons. The zero-order chi connectivity index (χ0) is 18.5. The van der Waals surface area contributed by atoms with Gasteiger partial charge in [0.1, 0.15) is 12.1 Å². The molecule has 0 bridgehead atoms.